The molecular formula is C17H16F2N4O. The van der Waals surface area contributed by atoms with Crippen LogP contribution in [0.3, 0.4) is 0 Å². The fraction of sp³-hybridized carbons (Fsp3) is 0.353. The Morgan fingerprint density at radius 3 is 2.46 bits per heavy atom. The summed E-state index contributed by atoms with van der Waals surface area (Å²) in [4.78, 5) is 22.3. The summed E-state index contributed by atoms with van der Waals surface area (Å²) in [5.41, 5.74) is 1.10. The molecule has 2 amide bonds. The maximum Gasteiger partial charge on any atom is 0.322 e. The Hall–Kier alpha value is -2.57. The van der Waals surface area contributed by atoms with Gasteiger partial charge in [0, 0.05) is 18.0 Å². The molecule has 0 saturated heterocycles. The van der Waals surface area contributed by atoms with Crippen LogP contribution >= 0.6 is 0 Å². The summed E-state index contributed by atoms with van der Waals surface area (Å²) in [7, 11) is 0. The van der Waals surface area contributed by atoms with E-state index in [1.54, 1.807) is 12.4 Å². The van der Waals surface area contributed by atoms with Crippen LogP contribution in [0.25, 0.3) is 0 Å². The highest BCUT2D eigenvalue weighted by Crippen LogP contribution is 2.37. The number of aromatic nitrogens is 2. The number of nitrogens with zero attached hydrogens (tertiary/aromatic N) is 3. The number of rotatable bonds is 2. The van der Waals surface area contributed by atoms with Gasteiger partial charge in [-0.1, -0.05) is 0 Å². The van der Waals surface area contributed by atoms with Crippen LogP contribution in [0.15, 0.2) is 24.5 Å². The smallest absolute Gasteiger partial charge is 0.320 e. The zero-order valence-corrected chi connectivity index (χ0v) is 12.9. The number of carbonyl (C=O) groups is 1. The van der Waals surface area contributed by atoms with Gasteiger partial charge in [-0.25, -0.2) is 23.5 Å². The van der Waals surface area contributed by atoms with E-state index in [9.17, 15) is 13.6 Å². The van der Waals surface area contributed by atoms with E-state index in [1.807, 2.05) is 0 Å². The highest BCUT2D eigenvalue weighted by Gasteiger charge is 2.27. The lowest BCUT2D eigenvalue weighted by Crippen LogP contribution is -2.39. The van der Waals surface area contributed by atoms with E-state index in [4.69, 9.17) is 0 Å². The average Bonchev–Trinajstić information content (AvgIpc) is 3.44. The molecule has 2 heterocycles. The molecule has 124 valence electrons. The Balaban J connectivity index is 1.46. The minimum atomic E-state index is -0.485. The third-order valence-electron chi connectivity index (χ3n) is 4.45. The molecule has 0 radical (unpaired) electrons. The summed E-state index contributed by atoms with van der Waals surface area (Å²) in [5.74, 6) is 0.347. The first-order valence-corrected chi connectivity index (χ1v) is 7.95. The van der Waals surface area contributed by atoms with Gasteiger partial charge in [-0.15, -0.1) is 0 Å². The highest BCUT2D eigenvalue weighted by atomic mass is 19.1. The van der Waals surface area contributed by atoms with Gasteiger partial charge in [-0.2, -0.15) is 0 Å². The molecule has 0 bridgehead atoms. The molecule has 1 N–H and O–H groups in total. The van der Waals surface area contributed by atoms with Gasteiger partial charge in [0.2, 0.25) is 0 Å². The number of halogens is 2. The fourth-order valence-electron chi connectivity index (χ4n) is 2.92. The zero-order chi connectivity index (χ0) is 16.7. The largest absolute Gasteiger partial charge is 0.322 e. The van der Waals surface area contributed by atoms with Crippen LogP contribution in [0, 0.1) is 11.6 Å². The first-order valence-electron chi connectivity index (χ1n) is 7.95. The van der Waals surface area contributed by atoms with Gasteiger partial charge < -0.3 is 10.2 Å². The molecule has 0 spiro atoms. The van der Waals surface area contributed by atoms with Gasteiger partial charge in [-0.05, 0) is 37.0 Å². The van der Waals surface area contributed by atoms with Gasteiger partial charge in [-0.3, -0.25) is 0 Å². The maximum atomic E-state index is 13.9. The van der Waals surface area contributed by atoms with E-state index in [2.05, 4.69) is 15.3 Å². The number of fused-ring (bicyclic) bond motifs is 1. The van der Waals surface area contributed by atoms with Crippen LogP contribution in [0.2, 0.25) is 0 Å². The average molecular weight is 330 g/mol. The molecule has 1 aliphatic heterocycles. The Morgan fingerprint density at radius 1 is 1.12 bits per heavy atom. The number of urea groups is 1. The predicted molar refractivity (Wildman–Crippen MR) is 83.5 cm³/mol. The molecule has 1 saturated carbocycles. The van der Waals surface area contributed by atoms with Gasteiger partial charge in [0.15, 0.2) is 0 Å². The number of anilines is 1. The van der Waals surface area contributed by atoms with Crippen molar-refractivity contribution in [2.75, 3.05) is 11.9 Å². The standard InChI is InChI=1S/C17H16F2N4O/c18-14-3-4-15(19)13-9-23(6-5-12(13)14)17(24)22-11-7-20-16(21-8-11)10-1-2-10/h3-4,7-8,10H,1-2,5-6,9H2,(H,22,24). The quantitative estimate of drug-likeness (QED) is 0.920. The normalized spacial score (nSPS) is 16.7. The number of nitrogens with one attached hydrogen (secondary N) is 1. The van der Waals surface area contributed by atoms with Crippen LogP contribution in [0.1, 0.15) is 35.7 Å². The van der Waals surface area contributed by atoms with E-state index in [1.165, 1.54) is 4.90 Å². The molecule has 5 nitrogen and oxygen atoms in total. The number of benzene rings is 1. The summed E-state index contributed by atoms with van der Waals surface area (Å²) in [6, 6.07) is 1.86. The molecule has 24 heavy (non-hydrogen) atoms. The van der Waals surface area contributed by atoms with Crippen LogP contribution in [-0.2, 0) is 13.0 Å². The van der Waals surface area contributed by atoms with Crippen LogP contribution in [0.4, 0.5) is 19.3 Å². The van der Waals surface area contributed by atoms with Crippen LogP contribution in [0.5, 0.6) is 0 Å². The third kappa shape index (κ3) is 2.81. The molecule has 1 aromatic carbocycles. The lowest BCUT2D eigenvalue weighted by Gasteiger charge is -2.29. The fourth-order valence-corrected chi connectivity index (χ4v) is 2.92. The SMILES string of the molecule is O=C(Nc1cnc(C2CC2)nc1)N1CCc2c(F)ccc(F)c2C1. The zero-order valence-electron chi connectivity index (χ0n) is 12.9. The van der Waals surface area contributed by atoms with E-state index >= 15 is 0 Å². The minimum absolute atomic E-state index is 0.0474. The monoisotopic (exact) mass is 330 g/mol. The van der Waals surface area contributed by atoms with Crippen molar-refractivity contribution in [2.24, 2.45) is 0 Å². The summed E-state index contributed by atoms with van der Waals surface area (Å²) < 4.78 is 27.6. The minimum Gasteiger partial charge on any atom is -0.320 e. The molecule has 2 aromatic rings. The lowest BCUT2D eigenvalue weighted by atomic mass is 9.99. The van der Waals surface area contributed by atoms with Crippen molar-refractivity contribution in [1.29, 1.82) is 0 Å². The van der Waals surface area contributed by atoms with Crippen molar-refractivity contribution in [3.63, 3.8) is 0 Å². The van der Waals surface area contributed by atoms with Crippen LogP contribution < -0.4 is 5.32 Å². The van der Waals surface area contributed by atoms with Crippen molar-refractivity contribution in [3.8, 4) is 0 Å². The second-order valence-corrected chi connectivity index (χ2v) is 6.19. The second kappa shape index (κ2) is 5.81. The van der Waals surface area contributed by atoms with E-state index < -0.39 is 11.6 Å². The van der Waals surface area contributed by atoms with Crippen molar-refractivity contribution in [3.05, 3.63) is 53.1 Å². The number of amides is 2. The van der Waals surface area contributed by atoms with Crippen molar-refractivity contribution in [2.45, 2.75) is 31.7 Å². The van der Waals surface area contributed by atoms with Crippen LogP contribution in [-0.4, -0.2) is 27.4 Å². The van der Waals surface area contributed by atoms with Gasteiger partial charge in [0.1, 0.15) is 17.5 Å². The molecule has 2 aliphatic rings. The topological polar surface area (TPSA) is 58.1 Å². The van der Waals surface area contributed by atoms with E-state index in [-0.39, 0.29) is 18.1 Å². The Bertz CT molecular complexity index is 790. The number of hydrogen-bond donors (Lipinski definition) is 1. The maximum absolute atomic E-state index is 13.9. The first kappa shape index (κ1) is 15.0. The van der Waals surface area contributed by atoms with Gasteiger partial charge in [0.05, 0.1) is 24.6 Å². The summed E-state index contributed by atoms with van der Waals surface area (Å²) in [6.45, 7) is 0.381. The molecule has 1 aliphatic carbocycles. The van der Waals surface area contributed by atoms with Gasteiger partial charge in [0.25, 0.3) is 0 Å². The Morgan fingerprint density at radius 2 is 1.79 bits per heavy atom. The highest BCUT2D eigenvalue weighted by molar-refractivity contribution is 5.89. The molecular weight excluding hydrogens is 314 g/mol. The van der Waals surface area contributed by atoms with Crippen molar-refractivity contribution < 1.29 is 13.6 Å². The Labute approximate surface area is 137 Å². The predicted octanol–water partition coefficient (Wildman–Crippen LogP) is 3.22. The molecule has 4 rings (SSSR count). The van der Waals surface area contributed by atoms with E-state index in [0.717, 1.165) is 30.8 Å². The molecule has 1 fully saturated rings. The van der Waals surface area contributed by atoms with E-state index in [0.29, 0.717) is 30.1 Å². The number of hydrogen-bond acceptors (Lipinski definition) is 3. The van der Waals surface area contributed by atoms with Crippen molar-refractivity contribution >= 4 is 11.7 Å². The lowest BCUT2D eigenvalue weighted by molar-refractivity contribution is 0.204. The first-order chi connectivity index (χ1) is 11.6. The molecule has 1 aromatic heterocycles. The number of carbonyl (C=O) groups excluding carboxylic acids is 1. The summed E-state index contributed by atoms with van der Waals surface area (Å²) in [6.07, 6.45) is 5.68. The van der Waals surface area contributed by atoms with Gasteiger partial charge >= 0.3 is 6.03 Å². The summed E-state index contributed by atoms with van der Waals surface area (Å²) >= 11 is 0. The summed E-state index contributed by atoms with van der Waals surface area (Å²) in [5, 5.41) is 2.71. The third-order valence-corrected chi connectivity index (χ3v) is 4.45. The Kier molecular flexibility index (Phi) is 3.63. The molecule has 0 atom stereocenters. The second-order valence-electron chi connectivity index (χ2n) is 6.19. The van der Waals surface area contributed by atoms with Crippen molar-refractivity contribution in [1.82, 2.24) is 14.9 Å². The molecule has 7 heteroatoms. The molecule has 0 unspecified atom stereocenters.